The van der Waals surface area contributed by atoms with Gasteiger partial charge in [0, 0.05) is 12.1 Å². The van der Waals surface area contributed by atoms with Crippen molar-refractivity contribution in [2.75, 3.05) is 10.6 Å². The summed E-state index contributed by atoms with van der Waals surface area (Å²) in [6, 6.07) is 13.6. The largest absolute Gasteiger partial charge is 0.373 e. The molecule has 104 valence electrons. The van der Waals surface area contributed by atoms with E-state index in [1.165, 1.54) is 6.07 Å². The summed E-state index contributed by atoms with van der Waals surface area (Å²) in [5, 5.41) is 5.75. The van der Waals surface area contributed by atoms with Gasteiger partial charge in [-0.1, -0.05) is 30.3 Å². The first kappa shape index (κ1) is 14.3. The van der Waals surface area contributed by atoms with Gasteiger partial charge in [0.15, 0.2) is 0 Å². The number of amides is 1. The van der Waals surface area contributed by atoms with Gasteiger partial charge in [-0.3, -0.25) is 4.79 Å². The summed E-state index contributed by atoms with van der Waals surface area (Å²) in [4.78, 5) is 12.1. The number of nitrogens with one attached hydrogen (secondary N) is 2. The van der Waals surface area contributed by atoms with Crippen molar-refractivity contribution in [2.45, 2.75) is 12.5 Å². The van der Waals surface area contributed by atoms with Gasteiger partial charge in [-0.15, -0.1) is 12.4 Å². The van der Waals surface area contributed by atoms with Gasteiger partial charge >= 0.3 is 0 Å². The van der Waals surface area contributed by atoms with E-state index in [1.54, 1.807) is 18.2 Å². The molecule has 1 aliphatic heterocycles. The predicted molar refractivity (Wildman–Crippen MR) is 79.8 cm³/mol. The molecule has 2 aromatic rings. The van der Waals surface area contributed by atoms with Crippen LogP contribution >= 0.6 is 12.4 Å². The molecule has 0 unspecified atom stereocenters. The summed E-state index contributed by atoms with van der Waals surface area (Å²) in [6.45, 7) is 0. The Kier molecular flexibility index (Phi) is 4.25. The predicted octanol–water partition coefficient (Wildman–Crippen LogP) is 3.22. The lowest BCUT2D eigenvalue weighted by Gasteiger charge is -2.12. The molecule has 0 spiro atoms. The lowest BCUT2D eigenvalue weighted by molar-refractivity contribution is -0.116. The lowest BCUT2D eigenvalue weighted by atomic mass is 10.1. The number of carbonyl (C=O) groups excluding carboxylic acids is 1. The van der Waals surface area contributed by atoms with E-state index < -0.39 is 5.82 Å². The Hall–Kier alpha value is -2.07. The zero-order valence-electron chi connectivity index (χ0n) is 10.6. The van der Waals surface area contributed by atoms with Crippen molar-refractivity contribution in [2.24, 2.45) is 0 Å². The standard InChI is InChI=1S/C15H13FN2O.ClH/c16-11-6-2-4-8-13(11)18-15(19)14-9-10-5-1-3-7-12(10)17-14;/h1-8,14,17H,9H2,(H,18,19);1H/t14-;/m0./s1. The maximum atomic E-state index is 13.5. The maximum absolute atomic E-state index is 13.5. The molecule has 2 aromatic carbocycles. The molecule has 3 nitrogen and oxygen atoms in total. The molecular weight excluding hydrogens is 279 g/mol. The summed E-state index contributed by atoms with van der Waals surface area (Å²) in [5.74, 6) is -0.646. The number of carbonyl (C=O) groups is 1. The molecule has 0 saturated heterocycles. The van der Waals surface area contributed by atoms with E-state index in [2.05, 4.69) is 10.6 Å². The monoisotopic (exact) mass is 292 g/mol. The minimum Gasteiger partial charge on any atom is -0.373 e. The molecule has 0 aliphatic carbocycles. The second-order valence-electron chi connectivity index (χ2n) is 4.53. The van der Waals surface area contributed by atoms with Gasteiger partial charge in [-0.25, -0.2) is 4.39 Å². The van der Waals surface area contributed by atoms with E-state index in [0.29, 0.717) is 6.42 Å². The van der Waals surface area contributed by atoms with E-state index in [9.17, 15) is 9.18 Å². The number of hydrogen-bond acceptors (Lipinski definition) is 2. The normalized spacial score (nSPS) is 15.8. The van der Waals surface area contributed by atoms with Crippen LogP contribution in [-0.2, 0) is 11.2 Å². The molecule has 1 atom stereocenters. The number of rotatable bonds is 2. The number of fused-ring (bicyclic) bond motifs is 1. The fourth-order valence-corrected chi connectivity index (χ4v) is 2.24. The maximum Gasteiger partial charge on any atom is 0.247 e. The van der Waals surface area contributed by atoms with Crippen LogP contribution in [0.15, 0.2) is 48.5 Å². The molecule has 1 heterocycles. The van der Waals surface area contributed by atoms with Crippen molar-refractivity contribution in [1.29, 1.82) is 0 Å². The first-order valence-electron chi connectivity index (χ1n) is 6.14. The topological polar surface area (TPSA) is 41.1 Å². The first-order valence-corrected chi connectivity index (χ1v) is 6.14. The van der Waals surface area contributed by atoms with Crippen LogP contribution in [-0.4, -0.2) is 11.9 Å². The highest BCUT2D eigenvalue weighted by molar-refractivity contribution is 5.98. The third-order valence-electron chi connectivity index (χ3n) is 3.22. The number of hydrogen-bond donors (Lipinski definition) is 2. The number of benzene rings is 2. The Bertz CT molecular complexity index is 608. The molecule has 1 aliphatic rings. The Balaban J connectivity index is 0.00000147. The highest BCUT2D eigenvalue weighted by Gasteiger charge is 2.26. The number of para-hydroxylation sites is 2. The summed E-state index contributed by atoms with van der Waals surface area (Å²) >= 11 is 0. The van der Waals surface area contributed by atoms with Gasteiger partial charge in [-0.05, 0) is 23.8 Å². The van der Waals surface area contributed by atoms with Crippen LogP contribution in [0.25, 0.3) is 0 Å². The van der Waals surface area contributed by atoms with Gasteiger partial charge in [0.2, 0.25) is 5.91 Å². The van der Waals surface area contributed by atoms with Gasteiger partial charge in [0.25, 0.3) is 0 Å². The minimum atomic E-state index is -0.425. The lowest BCUT2D eigenvalue weighted by Crippen LogP contribution is -2.33. The summed E-state index contributed by atoms with van der Waals surface area (Å²) in [7, 11) is 0. The SMILES string of the molecule is Cl.O=C(Nc1ccccc1F)[C@@H]1Cc2ccccc2N1. The molecule has 0 aromatic heterocycles. The quantitative estimate of drug-likeness (QED) is 0.892. The van der Waals surface area contributed by atoms with Crippen molar-refractivity contribution in [3.63, 3.8) is 0 Å². The van der Waals surface area contributed by atoms with Gasteiger partial charge in [0.1, 0.15) is 11.9 Å². The molecule has 0 bridgehead atoms. The van der Waals surface area contributed by atoms with E-state index in [4.69, 9.17) is 0 Å². The molecule has 0 radical (unpaired) electrons. The first-order chi connectivity index (χ1) is 9.24. The Morgan fingerprint density at radius 1 is 1.15 bits per heavy atom. The molecular formula is C15H14ClFN2O. The van der Waals surface area contributed by atoms with Gasteiger partial charge in [-0.2, -0.15) is 0 Å². The molecule has 20 heavy (non-hydrogen) atoms. The highest BCUT2D eigenvalue weighted by Crippen LogP contribution is 2.26. The fraction of sp³-hybridized carbons (Fsp3) is 0.133. The van der Waals surface area contributed by atoms with E-state index in [1.807, 2.05) is 24.3 Å². The fourth-order valence-electron chi connectivity index (χ4n) is 2.24. The van der Waals surface area contributed by atoms with Crippen LogP contribution in [0, 0.1) is 5.82 Å². The minimum absolute atomic E-state index is 0. The third-order valence-corrected chi connectivity index (χ3v) is 3.22. The van der Waals surface area contributed by atoms with E-state index in [0.717, 1.165) is 11.3 Å². The Morgan fingerprint density at radius 3 is 2.60 bits per heavy atom. The van der Waals surface area contributed by atoms with Crippen LogP contribution in [0.4, 0.5) is 15.8 Å². The molecule has 3 rings (SSSR count). The smallest absolute Gasteiger partial charge is 0.247 e. The average Bonchev–Trinajstić information content (AvgIpc) is 2.85. The van der Waals surface area contributed by atoms with Crippen molar-refractivity contribution in [3.05, 3.63) is 59.9 Å². The van der Waals surface area contributed by atoms with Crippen molar-refractivity contribution in [3.8, 4) is 0 Å². The Labute approximate surface area is 122 Å². The van der Waals surface area contributed by atoms with Gasteiger partial charge in [0.05, 0.1) is 5.69 Å². The molecule has 2 N–H and O–H groups in total. The molecule has 1 amide bonds. The highest BCUT2D eigenvalue weighted by atomic mass is 35.5. The van der Waals surface area contributed by atoms with Gasteiger partial charge < -0.3 is 10.6 Å². The number of halogens is 2. The summed E-state index contributed by atoms with van der Waals surface area (Å²) < 4.78 is 13.5. The summed E-state index contributed by atoms with van der Waals surface area (Å²) in [5.41, 5.74) is 2.29. The zero-order chi connectivity index (χ0) is 13.2. The second-order valence-corrected chi connectivity index (χ2v) is 4.53. The van der Waals surface area contributed by atoms with Crippen LogP contribution in [0.1, 0.15) is 5.56 Å². The van der Waals surface area contributed by atoms with E-state index >= 15 is 0 Å². The van der Waals surface area contributed by atoms with Crippen LogP contribution in [0.5, 0.6) is 0 Å². The molecule has 0 fully saturated rings. The molecule has 0 saturated carbocycles. The van der Waals surface area contributed by atoms with Crippen LogP contribution in [0.3, 0.4) is 0 Å². The second kappa shape index (κ2) is 5.92. The van der Waals surface area contributed by atoms with Crippen molar-refractivity contribution >= 4 is 29.7 Å². The molecule has 5 heteroatoms. The third kappa shape index (κ3) is 2.75. The Morgan fingerprint density at radius 2 is 1.85 bits per heavy atom. The van der Waals surface area contributed by atoms with Crippen LogP contribution in [0.2, 0.25) is 0 Å². The van der Waals surface area contributed by atoms with Crippen molar-refractivity contribution in [1.82, 2.24) is 0 Å². The average molecular weight is 293 g/mol. The summed E-state index contributed by atoms with van der Waals surface area (Å²) in [6.07, 6.45) is 0.621. The zero-order valence-corrected chi connectivity index (χ0v) is 11.4. The van der Waals surface area contributed by atoms with Crippen LogP contribution < -0.4 is 10.6 Å². The van der Waals surface area contributed by atoms with E-state index in [-0.39, 0.29) is 30.0 Å². The van der Waals surface area contributed by atoms with Crippen molar-refractivity contribution < 1.29 is 9.18 Å². The number of anilines is 2.